The molecule has 1 N–H and O–H groups in total. The van der Waals surface area contributed by atoms with Crippen molar-refractivity contribution in [2.75, 3.05) is 5.32 Å². The normalized spacial score (nSPS) is 10.8. The fraction of sp³-hybridized carbons (Fsp3) is 0.0952. The fourth-order valence-electron chi connectivity index (χ4n) is 2.75. The zero-order valence-electron chi connectivity index (χ0n) is 15.8. The lowest BCUT2D eigenvalue weighted by Gasteiger charge is -2.06. The Kier molecular flexibility index (Phi) is 5.25. The van der Waals surface area contributed by atoms with Gasteiger partial charge in [-0.3, -0.25) is 10.1 Å². The van der Waals surface area contributed by atoms with E-state index in [2.05, 4.69) is 15.5 Å². The Morgan fingerprint density at radius 2 is 1.77 bits per heavy atom. The molecule has 1 amide bonds. The minimum absolute atomic E-state index is 0.0308. The number of aromatic nitrogens is 3. The van der Waals surface area contributed by atoms with Gasteiger partial charge in [0.05, 0.1) is 11.9 Å². The van der Waals surface area contributed by atoms with Gasteiger partial charge in [-0.25, -0.2) is 13.8 Å². The number of nitrogens with zero attached hydrogens (tertiary/aromatic N) is 3. The monoisotopic (exact) mass is 410 g/mol. The van der Waals surface area contributed by atoms with E-state index >= 15 is 0 Å². The van der Waals surface area contributed by atoms with Crippen LogP contribution in [0.3, 0.4) is 0 Å². The third-order valence-corrected chi connectivity index (χ3v) is 4.34. The van der Waals surface area contributed by atoms with Crippen molar-refractivity contribution in [2.45, 2.75) is 6.61 Å². The number of carbonyl (C=O) groups excluding carboxylic acids is 1. The van der Waals surface area contributed by atoms with Gasteiger partial charge in [0.1, 0.15) is 24.0 Å². The van der Waals surface area contributed by atoms with Gasteiger partial charge < -0.3 is 13.8 Å². The maximum Gasteiger partial charge on any atom is 0.280 e. The Hall–Kier alpha value is -4.01. The molecule has 2 heterocycles. The van der Waals surface area contributed by atoms with Crippen LogP contribution in [0.4, 0.5) is 14.7 Å². The van der Waals surface area contributed by atoms with E-state index in [4.69, 9.17) is 9.26 Å². The van der Waals surface area contributed by atoms with Crippen LogP contribution in [0.15, 0.2) is 65.3 Å². The number of carbonyl (C=O) groups is 1. The zero-order valence-corrected chi connectivity index (χ0v) is 15.8. The number of amides is 1. The Bertz CT molecular complexity index is 1170. The van der Waals surface area contributed by atoms with Crippen molar-refractivity contribution in [2.24, 2.45) is 7.05 Å². The van der Waals surface area contributed by atoms with Crippen LogP contribution in [0.1, 0.15) is 16.2 Å². The Balaban J connectivity index is 1.41. The molecule has 0 unspecified atom stereocenters. The molecule has 0 aliphatic heterocycles. The molecule has 0 spiro atoms. The van der Waals surface area contributed by atoms with Gasteiger partial charge in [-0.1, -0.05) is 5.16 Å². The van der Waals surface area contributed by atoms with Crippen LogP contribution in [-0.2, 0) is 13.7 Å². The minimum atomic E-state index is -0.508. The number of rotatable bonds is 6. The molecule has 0 saturated carbocycles. The van der Waals surface area contributed by atoms with Crippen LogP contribution in [0.5, 0.6) is 5.75 Å². The molecule has 4 rings (SSSR count). The summed E-state index contributed by atoms with van der Waals surface area (Å²) in [5.41, 5.74) is 1.52. The molecule has 30 heavy (non-hydrogen) atoms. The highest BCUT2D eigenvalue weighted by Crippen LogP contribution is 2.22. The van der Waals surface area contributed by atoms with Crippen molar-refractivity contribution in [3.8, 4) is 17.0 Å². The first-order valence-corrected chi connectivity index (χ1v) is 8.92. The molecular weight excluding hydrogens is 394 g/mol. The minimum Gasteiger partial charge on any atom is -0.486 e. The van der Waals surface area contributed by atoms with Crippen molar-refractivity contribution in [3.63, 3.8) is 0 Å². The summed E-state index contributed by atoms with van der Waals surface area (Å²) in [6, 6.07) is 12.9. The topological polar surface area (TPSA) is 82.2 Å². The van der Waals surface area contributed by atoms with E-state index in [-0.39, 0.29) is 23.9 Å². The molecule has 152 valence electrons. The van der Waals surface area contributed by atoms with E-state index in [9.17, 15) is 13.6 Å². The summed E-state index contributed by atoms with van der Waals surface area (Å²) in [6.07, 6.45) is 1.58. The lowest BCUT2D eigenvalue weighted by Crippen LogP contribution is -2.15. The third-order valence-electron chi connectivity index (χ3n) is 4.34. The number of imidazole rings is 1. The predicted molar refractivity (Wildman–Crippen MR) is 104 cm³/mol. The molecule has 0 atom stereocenters. The number of nitrogens with one attached hydrogen (secondary N) is 1. The van der Waals surface area contributed by atoms with Crippen molar-refractivity contribution >= 4 is 11.9 Å². The average Bonchev–Trinajstić information content (AvgIpc) is 3.36. The van der Waals surface area contributed by atoms with E-state index in [1.54, 1.807) is 29.9 Å². The summed E-state index contributed by atoms with van der Waals surface area (Å²) >= 11 is 0. The van der Waals surface area contributed by atoms with Crippen molar-refractivity contribution in [1.29, 1.82) is 0 Å². The maximum absolute atomic E-state index is 13.1. The lowest BCUT2D eigenvalue weighted by atomic mass is 10.2. The second kappa shape index (κ2) is 8.16. The summed E-state index contributed by atoms with van der Waals surface area (Å²) in [4.78, 5) is 16.7. The van der Waals surface area contributed by atoms with Gasteiger partial charge in [-0.05, 0) is 48.5 Å². The molecule has 0 aliphatic carbocycles. The Morgan fingerprint density at radius 1 is 1.10 bits per heavy atom. The summed E-state index contributed by atoms with van der Waals surface area (Å²) in [5.74, 6) is -0.119. The maximum atomic E-state index is 13.1. The second-order valence-electron chi connectivity index (χ2n) is 6.41. The highest BCUT2D eigenvalue weighted by atomic mass is 19.1. The molecule has 0 radical (unpaired) electrons. The van der Waals surface area contributed by atoms with Crippen molar-refractivity contribution in [3.05, 3.63) is 83.9 Å². The van der Waals surface area contributed by atoms with Crippen LogP contribution >= 0.6 is 0 Å². The van der Waals surface area contributed by atoms with Crippen LogP contribution in [-0.4, -0.2) is 20.6 Å². The standard InChI is InChI=1S/C21H16F2N4O3/c1-27-19(13-2-4-14(22)5-3-13)11-24-21(27)25-20(28)18-10-17(30-26-18)12-29-16-8-6-15(23)7-9-16/h2-11H,12H2,1H3,(H,24,25,28). The van der Waals surface area contributed by atoms with Crippen LogP contribution in [0.25, 0.3) is 11.3 Å². The largest absolute Gasteiger partial charge is 0.486 e. The summed E-state index contributed by atoms with van der Waals surface area (Å²) in [7, 11) is 1.73. The molecule has 2 aromatic heterocycles. The molecule has 0 saturated heterocycles. The molecule has 0 aliphatic rings. The van der Waals surface area contributed by atoms with Crippen molar-refractivity contribution < 1.29 is 22.8 Å². The quantitative estimate of drug-likeness (QED) is 0.516. The van der Waals surface area contributed by atoms with Gasteiger partial charge in [-0.15, -0.1) is 0 Å². The SMILES string of the molecule is Cn1c(-c2ccc(F)cc2)cnc1NC(=O)c1cc(COc2ccc(F)cc2)on1. The number of hydrogen-bond donors (Lipinski definition) is 1. The first-order chi connectivity index (χ1) is 14.5. The van der Waals surface area contributed by atoms with Crippen LogP contribution < -0.4 is 10.1 Å². The number of benzene rings is 2. The first kappa shape index (κ1) is 19.3. The van der Waals surface area contributed by atoms with Gasteiger partial charge in [0, 0.05) is 18.7 Å². The summed E-state index contributed by atoms with van der Waals surface area (Å²) < 4.78 is 38.3. The average molecular weight is 410 g/mol. The number of anilines is 1. The first-order valence-electron chi connectivity index (χ1n) is 8.92. The molecule has 4 aromatic rings. The molecule has 0 fully saturated rings. The molecular formula is C21H16F2N4O3. The van der Waals surface area contributed by atoms with E-state index in [0.29, 0.717) is 23.2 Å². The predicted octanol–water partition coefficient (Wildman–Crippen LogP) is 4.18. The van der Waals surface area contributed by atoms with E-state index in [0.717, 1.165) is 5.56 Å². The third kappa shape index (κ3) is 4.19. The molecule has 2 aromatic carbocycles. The number of hydrogen-bond acceptors (Lipinski definition) is 5. The van der Waals surface area contributed by atoms with Gasteiger partial charge in [0.25, 0.3) is 5.91 Å². The highest BCUT2D eigenvalue weighted by molar-refractivity contribution is 6.02. The smallest absolute Gasteiger partial charge is 0.280 e. The lowest BCUT2D eigenvalue weighted by molar-refractivity contribution is 0.101. The van der Waals surface area contributed by atoms with Crippen LogP contribution in [0, 0.1) is 11.6 Å². The molecule has 9 heteroatoms. The van der Waals surface area contributed by atoms with Crippen LogP contribution in [0.2, 0.25) is 0 Å². The summed E-state index contributed by atoms with van der Waals surface area (Å²) in [6.45, 7) is 0.0308. The van der Waals surface area contributed by atoms with Gasteiger partial charge in [-0.2, -0.15) is 0 Å². The van der Waals surface area contributed by atoms with E-state index < -0.39 is 5.91 Å². The molecule has 0 bridgehead atoms. The fourth-order valence-corrected chi connectivity index (χ4v) is 2.75. The van der Waals surface area contributed by atoms with E-state index in [1.165, 1.54) is 42.5 Å². The van der Waals surface area contributed by atoms with Gasteiger partial charge >= 0.3 is 0 Å². The highest BCUT2D eigenvalue weighted by Gasteiger charge is 2.17. The summed E-state index contributed by atoms with van der Waals surface area (Å²) in [5, 5.41) is 6.39. The Morgan fingerprint density at radius 3 is 2.47 bits per heavy atom. The number of ether oxygens (including phenoxy) is 1. The Labute approximate surface area is 169 Å². The zero-order chi connectivity index (χ0) is 21.1. The van der Waals surface area contributed by atoms with E-state index in [1.807, 2.05) is 0 Å². The van der Waals surface area contributed by atoms with Crippen molar-refractivity contribution in [1.82, 2.24) is 14.7 Å². The molecule has 7 nitrogen and oxygen atoms in total. The number of halogens is 2. The van der Waals surface area contributed by atoms with Gasteiger partial charge in [0.15, 0.2) is 11.5 Å². The second-order valence-corrected chi connectivity index (χ2v) is 6.41. The van der Waals surface area contributed by atoms with Gasteiger partial charge in [0.2, 0.25) is 5.95 Å².